The SMILES string of the molecule is COc1ccc(-c2cc(=O)n3nc(C)c(-c4ccc(F)cc4)c3[nH]2)cc1. The van der Waals surface area contributed by atoms with Crippen LogP contribution in [0.3, 0.4) is 0 Å². The molecule has 0 saturated carbocycles. The van der Waals surface area contributed by atoms with Gasteiger partial charge in [-0.1, -0.05) is 12.1 Å². The van der Waals surface area contributed by atoms with Crippen LogP contribution in [0.5, 0.6) is 5.75 Å². The number of hydrogen-bond acceptors (Lipinski definition) is 3. The number of H-pyrrole nitrogens is 1. The van der Waals surface area contributed by atoms with Crippen molar-refractivity contribution in [3.8, 4) is 28.1 Å². The number of rotatable bonds is 3. The van der Waals surface area contributed by atoms with E-state index in [2.05, 4.69) is 10.1 Å². The molecule has 0 amide bonds. The number of benzene rings is 2. The summed E-state index contributed by atoms with van der Waals surface area (Å²) in [5.41, 5.74) is 4.13. The summed E-state index contributed by atoms with van der Waals surface area (Å²) in [7, 11) is 1.60. The zero-order chi connectivity index (χ0) is 18.3. The van der Waals surface area contributed by atoms with E-state index >= 15 is 0 Å². The number of ether oxygens (including phenoxy) is 1. The Morgan fingerprint density at radius 3 is 2.35 bits per heavy atom. The maximum Gasteiger partial charge on any atom is 0.274 e. The Balaban J connectivity index is 1.93. The number of hydrogen-bond donors (Lipinski definition) is 1. The average Bonchev–Trinajstić information content (AvgIpc) is 2.99. The third kappa shape index (κ3) is 2.65. The van der Waals surface area contributed by atoms with E-state index in [0.29, 0.717) is 17.0 Å². The van der Waals surface area contributed by atoms with Crippen molar-refractivity contribution in [2.24, 2.45) is 0 Å². The van der Waals surface area contributed by atoms with Gasteiger partial charge in [-0.2, -0.15) is 9.61 Å². The van der Waals surface area contributed by atoms with E-state index in [1.165, 1.54) is 22.7 Å². The van der Waals surface area contributed by atoms with Gasteiger partial charge in [-0.05, 0) is 54.4 Å². The number of aromatic nitrogens is 3. The maximum absolute atomic E-state index is 13.3. The fourth-order valence-electron chi connectivity index (χ4n) is 3.04. The van der Waals surface area contributed by atoms with Gasteiger partial charge in [-0.15, -0.1) is 0 Å². The predicted molar refractivity (Wildman–Crippen MR) is 97.9 cm³/mol. The first kappa shape index (κ1) is 16.1. The van der Waals surface area contributed by atoms with E-state index in [9.17, 15) is 9.18 Å². The molecule has 0 fully saturated rings. The molecular weight excluding hydrogens is 333 g/mol. The molecule has 2 heterocycles. The molecule has 0 unspecified atom stereocenters. The highest BCUT2D eigenvalue weighted by atomic mass is 19.1. The Bertz CT molecular complexity index is 1140. The first-order chi connectivity index (χ1) is 12.6. The van der Waals surface area contributed by atoms with Crippen LogP contribution in [0.25, 0.3) is 28.0 Å². The molecule has 0 aliphatic carbocycles. The first-order valence-electron chi connectivity index (χ1n) is 8.10. The second-order valence-electron chi connectivity index (χ2n) is 5.98. The van der Waals surface area contributed by atoms with Crippen LogP contribution in [-0.4, -0.2) is 21.7 Å². The number of aryl methyl sites for hydroxylation is 1. The van der Waals surface area contributed by atoms with E-state index in [4.69, 9.17) is 4.74 Å². The van der Waals surface area contributed by atoms with E-state index in [1.807, 2.05) is 31.2 Å². The maximum atomic E-state index is 13.3. The van der Waals surface area contributed by atoms with E-state index < -0.39 is 0 Å². The molecule has 130 valence electrons. The van der Waals surface area contributed by atoms with Crippen molar-refractivity contribution in [3.63, 3.8) is 0 Å². The highest BCUT2D eigenvalue weighted by molar-refractivity contribution is 5.81. The Hall–Kier alpha value is -3.41. The quantitative estimate of drug-likeness (QED) is 0.612. The molecule has 6 heteroatoms. The van der Waals surface area contributed by atoms with E-state index in [0.717, 1.165) is 22.4 Å². The minimum absolute atomic E-state index is 0.235. The smallest absolute Gasteiger partial charge is 0.274 e. The van der Waals surface area contributed by atoms with Crippen molar-refractivity contribution < 1.29 is 9.13 Å². The predicted octanol–water partition coefficient (Wildman–Crippen LogP) is 3.81. The molecule has 0 spiro atoms. The molecule has 0 aliphatic heterocycles. The molecule has 4 rings (SSSR count). The monoisotopic (exact) mass is 349 g/mol. The van der Waals surface area contributed by atoms with E-state index in [-0.39, 0.29) is 11.4 Å². The molecule has 0 bridgehead atoms. The summed E-state index contributed by atoms with van der Waals surface area (Å²) in [6.45, 7) is 1.83. The lowest BCUT2D eigenvalue weighted by Gasteiger charge is -2.06. The Labute approximate surface area is 148 Å². The van der Waals surface area contributed by atoms with Gasteiger partial charge < -0.3 is 9.72 Å². The van der Waals surface area contributed by atoms with Crippen molar-refractivity contribution in [2.75, 3.05) is 7.11 Å². The molecular formula is C20H16FN3O2. The normalized spacial score (nSPS) is 11.0. The Kier molecular flexibility index (Phi) is 3.80. The molecule has 4 aromatic rings. The molecule has 2 aromatic carbocycles. The van der Waals surface area contributed by atoms with Crippen LogP contribution in [-0.2, 0) is 0 Å². The molecule has 0 aliphatic rings. The molecule has 5 nitrogen and oxygen atoms in total. The van der Waals surface area contributed by atoms with Gasteiger partial charge in [-0.25, -0.2) is 4.39 Å². The second kappa shape index (κ2) is 6.15. The molecule has 0 atom stereocenters. The third-order valence-electron chi connectivity index (χ3n) is 4.32. The van der Waals surface area contributed by atoms with Crippen LogP contribution in [0.2, 0.25) is 0 Å². The van der Waals surface area contributed by atoms with Gasteiger partial charge in [0.25, 0.3) is 5.56 Å². The van der Waals surface area contributed by atoms with Crippen molar-refractivity contribution in [1.29, 1.82) is 0 Å². The largest absolute Gasteiger partial charge is 0.497 e. The van der Waals surface area contributed by atoms with Crippen LogP contribution < -0.4 is 10.3 Å². The van der Waals surface area contributed by atoms with Gasteiger partial charge >= 0.3 is 0 Å². The van der Waals surface area contributed by atoms with Crippen LogP contribution in [0.4, 0.5) is 4.39 Å². The van der Waals surface area contributed by atoms with Crippen molar-refractivity contribution >= 4 is 5.65 Å². The third-order valence-corrected chi connectivity index (χ3v) is 4.32. The summed E-state index contributed by atoms with van der Waals surface area (Å²) in [6.07, 6.45) is 0. The topological polar surface area (TPSA) is 59.4 Å². The van der Waals surface area contributed by atoms with Gasteiger partial charge in [0.15, 0.2) is 0 Å². The summed E-state index contributed by atoms with van der Waals surface area (Å²) < 4.78 is 19.8. The minimum Gasteiger partial charge on any atom is -0.497 e. The molecule has 26 heavy (non-hydrogen) atoms. The van der Waals surface area contributed by atoms with Gasteiger partial charge in [0.1, 0.15) is 17.2 Å². The fourth-order valence-corrected chi connectivity index (χ4v) is 3.04. The van der Waals surface area contributed by atoms with Crippen molar-refractivity contribution in [1.82, 2.24) is 14.6 Å². The number of aromatic amines is 1. The van der Waals surface area contributed by atoms with Crippen LogP contribution >= 0.6 is 0 Å². The number of nitrogens with one attached hydrogen (secondary N) is 1. The molecule has 1 N–H and O–H groups in total. The number of fused-ring (bicyclic) bond motifs is 1. The highest BCUT2D eigenvalue weighted by Crippen LogP contribution is 2.28. The Morgan fingerprint density at radius 2 is 1.69 bits per heavy atom. The number of methoxy groups -OCH3 is 1. The zero-order valence-corrected chi connectivity index (χ0v) is 14.3. The summed E-state index contributed by atoms with van der Waals surface area (Å²) >= 11 is 0. The van der Waals surface area contributed by atoms with Gasteiger partial charge in [0.05, 0.1) is 18.5 Å². The number of nitrogens with zero attached hydrogens (tertiary/aromatic N) is 2. The highest BCUT2D eigenvalue weighted by Gasteiger charge is 2.15. The number of halogens is 1. The van der Waals surface area contributed by atoms with E-state index in [1.54, 1.807) is 19.2 Å². The van der Waals surface area contributed by atoms with Crippen molar-refractivity contribution in [3.05, 3.63) is 76.5 Å². The second-order valence-corrected chi connectivity index (χ2v) is 5.98. The lowest BCUT2D eigenvalue weighted by Crippen LogP contribution is -2.14. The van der Waals surface area contributed by atoms with Crippen LogP contribution in [0.15, 0.2) is 59.4 Å². The molecule has 0 saturated heterocycles. The fraction of sp³-hybridized carbons (Fsp3) is 0.100. The summed E-state index contributed by atoms with van der Waals surface area (Å²) in [5.74, 6) is 0.430. The average molecular weight is 349 g/mol. The summed E-state index contributed by atoms with van der Waals surface area (Å²) in [6, 6.07) is 15.1. The lowest BCUT2D eigenvalue weighted by atomic mass is 10.1. The van der Waals surface area contributed by atoms with Crippen molar-refractivity contribution in [2.45, 2.75) is 6.92 Å². The van der Waals surface area contributed by atoms with Crippen LogP contribution in [0.1, 0.15) is 5.69 Å². The minimum atomic E-state index is -0.310. The summed E-state index contributed by atoms with van der Waals surface area (Å²) in [5, 5.41) is 4.33. The first-order valence-corrected chi connectivity index (χ1v) is 8.10. The standard InChI is InChI=1S/C20H16FN3O2/c1-12-19(14-3-7-15(21)8-4-14)20-22-17(11-18(25)24(20)23-12)13-5-9-16(26-2)10-6-13/h3-11,22H,1-2H3. The molecule has 2 aromatic heterocycles. The Morgan fingerprint density at radius 1 is 1.04 bits per heavy atom. The van der Waals surface area contributed by atoms with Gasteiger partial charge in [0.2, 0.25) is 0 Å². The summed E-state index contributed by atoms with van der Waals surface area (Å²) in [4.78, 5) is 15.8. The zero-order valence-electron chi connectivity index (χ0n) is 14.3. The molecule has 0 radical (unpaired) electrons. The van der Waals surface area contributed by atoms with Crippen LogP contribution in [0, 0.1) is 12.7 Å². The van der Waals surface area contributed by atoms with Gasteiger partial charge in [-0.3, -0.25) is 4.79 Å². The lowest BCUT2D eigenvalue weighted by molar-refractivity contribution is 0.415. The van der Waals surface area contributed by atoms with Gasteiger partial charge in [0, 0.05) is 11.6 Å².